The zero-order valence-electron chi connectivity index (χ0n) is 30.7. The Labute approximate surface area is 332 Å². The molecule has 0 bridgehead atoms. The van der Waals surface area contributed by atoms with Crippen molar-refractivity contribution >= 4 is 43.7 Å². The van der Waals surface area contributed by atoms with Gasteiger partial charge in [0.1, 0.15) is 0 Å². The van der Waals surface area contributed by atoms with Crippen molar-refractivity contribution in [1.29, 1.82) is 0 Å². The molecule has 0 spiro atoms. The van der Waals surface area contributed by atoms with Crippen LogP contribution in [0, 0.1) is 27.7 Å². The van der Waals surface area contributed by atoms with Crippen molar-refractivity contribution in [3.05, 3.63) is 213 Å². The summed E-state index contributed by atoms with van der Waals surface area (Å²) >= 11 is 8.40. The molecule has 0 saturated heterocycles. The quantitative estimate of drug-likeness (QED) is 0.143. The summed E-state index contributed by atoms with van der Waals surface area (Å²) in [6, 6.07) is 54.0. The van der Waals surface area contributed by atoms with Crippen molar-refractivity contribution in [3.8, 4) is 0 Å². The van der Waals surface area contributed by atoms with Crippen molar-refractivity contribution in [1.82, 2.24) is 0 Å². The molecule has 2 aliphatic rings. The van der Waals surface area contributed by atoms with Crippen LogP contribution < -0.4 is 0 Å². The minimum absolute atomic E-state index is 0.410. The maximum absolute atomic E-state index is 7.52. The van der Waals surface area contributed by atoms with Crippen molar-refractivity contribution in [3.63, 3.8) is 0 Å². The molecule has 0 amide bonds. The van der Waals surface area contributed by atoms with E-state index in [0.717, 1.165) is 55.6 Å². The zero-order chi connectivity index (χ0) is 37.7. The number of aryl methyl sites for hydroxylation is 4. The summed E-state index contributed by atoms with van der Waals surface area (Å²) in [5, 5.41) is 0. The first-order valence-corrected chi connectivity index (χ1v) is 24.4. The van der Waals surface area contributed by atoms with Gasteiger partial charge in [-0.1, -0.05) is 0 Å². The fourth-order valence-electron chi connectivity index (χ4n) is 7.72. The Kier molecular flexibility index (Phi) is 9.28. The van der Waals surface area contributed by atoms with Gasteiger partial charge in [0.25, 0.3) is 0 Å². The predicted octanol–water partition coefficient (Wildman–Crippen LogP) is 12.1. The third-order valence-corrected chi connectivity index (χ3v) is 15.9. The second-order valence-electron chi connectivity index (χ2n) is 14.2. The van der Waals surface area contributed by atoms with Crippen LogP contribution in [-0.2, 0) is 28.1 Å². The van der Waals surface area contributed by atoms with Crippen molar-refractivity contribution in [2.75, 3.05) is 0 Å². The van der Waals surface area contributed by atoms with Gasteiger partial charge in [0.2, 0.25) is 0 Å². The molecule has 276 valence electrons. The molecule has 0 saturated carbocycles. The van der Waals surface area contributed by atoms with Crippen LogP contribution in [0.15, 0.2) is 168 Å². The van der Waals surface area contributed by atoms with E-state index >= 15 is 0 Å². The monoisotopic (exact) mass is 882 g/mol. The van der Waals surface area contributed by atoms with Crippen molar-refractivity contribution < 1.29 is 16.9 Å². The zero-order valence-corrected chi connectivity index (χ0v) is 34.8. The number of halogens is 2. The molecular weight excluding hydrogens is 843 g/mol. The molecule has 0 aromatic heterocycles. The van der Waals surface area contributed by atoms with Crippen LogP contribution in [-0.4, -0.2) is 15.2 Å². The molecule has 8 rings (SSSR count). The Morgan fingerprint density at radius 1 is 0.463 bits per heavy atom. The van der Waals surface area contributed by atoms with E-state index in [1.54, 1.807) is 0 Å². The fourth-order valence-corrected chi connectivity index (χ4v) is 11.3. The van der Waals surface area contributed by atoms with Gasteiger partial charge in [0, 0.05) is 0 Å². The number of aliphatic imine (C=N–C) groups is 2. The van der Waals surface area contributed by atoms with Crippen molar-refractivity contribution in [2.45, 2.75) is 51.0 Å². The molecule has 0 aliphatic carbocycles. The second-order valence-corrected chi connectivity index (χ2v) is 29.4. The van der Waals surface area contributed by atoms with Gasteiger partial charge in [0.15, 0.2) is 0 Å². The molecule has 6 aromatic carbocycles. The van der Waals surface area contributed by atoms with Gasteiger partial charge >= 0.3 is 335 Å². The van der Waals surface area contributed by atoms with Gasteiger partial charge in [-0.25, -0.2) is 0 Å². The van der Waals surface area contributed by atoms with Crippen LogP contribution >= 0.6 is 28.5 Å². The number of rotatable bonds is 8. The van der Waals surface area contributed by atoms with Crippen LogP contribution in [0.2, 0.25) is 0 Å². The molecule has 2 heterocycles. The molecule has 54 heavy (non-hydrogen) atoms. The first-order chi connectivity index (χ1) is 25.9. The van der Waals surface area contributed by atoms with Crippen LogP contribution in [0.5, 0.6) is 0 Å². The summed E-state index contributed by atoms with van der Waals surface area (Å²) in [4.78, 5) is 11.9. The molecule has 0 unspecified atom stereocenters. The standard InChI is InChI=1S/2C23H20NO.CH2.2BrH.Ni/c2*1-17-8-6-12-20(14-17)23(21-13-7-9-18(2)15-21)22(24-16-25-23)19-10-4-3-5-11-19;;;;/h2*3-15,22H,1-2H3;1H2;2*1H;/q;;;;;+2/p-2/t2*22-;;;;/m11..../s1. The van der Waals surface area contributed by atoms with E-state index in [-0.39, 0.29) is 0 Å². The summed E-state index contributed by atoms with van der Waals surface area (Å²) in [5.74, 6) is 0. The summed E-state index contributed by atoms with van der Waals surface area (Å²) in [6.07, 6.45) is 0. The number of benzene rings is 6. The molecule has 2 aliphatic heterocycles. The Hall–Kier alpha value is -4.42. The van der Waals surface area contributed by atoms with E-state index in [9.17, 15) is 0 Å². The van der Waals surface area contributed by atoms with Crippen LogP contribution in [0.3, 0.4) is 0 Å². The van der Waals surface area contributed by atoms with E-state index in [0.29, 0.717) is 9.74 Å². The first kappa shape index (κ1) is 36.6. The molecule has 0 fully saturated rings. The SMILES string of the molecule is [CH2]=[Ni]([Br])([Br])([C]1=N[C@H](c2ccccc2)C(c2cccc(C)c2)(c2cccc(C)c2)O1)[C]1=N[C@H](c2ccccc2)C(c2cccc(C)c2)(c2cccc(C)c2)O1. The first-order valence-electron chi connectivity index (χ1n) is 17.8. The van der Waals surface area contributed by atoms with Crippen molar-refractivity contribution in [2.24, 2.45) is 9.98 Å². The minimum atomic E-state index is -3.82. The third-order valence-electron chi connectivity index (χ3n) is 10.2. The van der Waals surface area contributed by atoms with Crippen LogP contribution in [0.25, 0.3) is 0 Å². The van der Waals surface area contributed by atoms with Gasteiger partial charge in [0.05, 0.1) is 0 Å². The summed E-state index contributed by atoms with van der Waals surface area (Å²) in [7, 11) is -3.82. The van der Waals surface area contributed by atoms with Crippen LogP contribution in [0.1, 0.15) is 67.7 Å². The van der Waals surface area contributed by atoms with E-state index in [4.69, 9.17) is 25.0 Å². The Morgan fingerprint density at radius 2 is 0.759 bits per heavy atom. The Balaban J connectivity index is 1.37. The van der Waals surface area contributed by atoms with E-state index in [2.05, 4.69) is 202 Å². The maximum atomic E-state index is 7.52. The molecule has 4 nitrogen and oxygen atoms in total. The summed E-state index contributed by atoms with van der Waals surface area (Å²) < 4.78 is 15.0. The fraction of sp³-hybridized carbons (Fsp3) is 0.170. The van der Waals surface area contributed by atoms with E-state index in [1.165, 1.54) is 0 Å². The number of ether oxygens (including phenoxy) is 2. The molecule has 2 atom stereocenters. The summed E-state index contributed by atoms with van der Waals surface area (Å²) in [6.45, 7) is 8.44. The molecule has 0 radical (unpaired) electrons. The van der Waals surface area contributed by atoms with E-state index < -0.39 is 30.7 Å². The Bertz CT molecular complexity index is 2250. The van der Waals surface area contributed by atoms with E-state index in [1.807, 2.05) is 12.1 Å². The number of nitrogens with zero attached hydrogens (tertiary/aromatic N) is 2. The topological polar surface area (TPSA) is 43.2 Å². The Morgan fingerprint density at radius 3 is 1.04 bits per heavy atom. The second kappa shape index (κ2) is 13.7. The van der Waals surface area contributed by atoms with Gasteiger partial charge in [-0.15, -0.1) is 0 Å². The van der Waals surface area contributed by atoms with Gasteiger partial charge in [-0.2, -0.15) is 0 Å². The average molecular weight is 885 g/mol. The van der Waals surface area contributed by atoms with Gasteiger partial charge in [-0.05, 0) is 0 Å². The number of hydrogen-bond donors (Lipinski definition) is 0. The predicted molar refractivity (Wildman–Crippen MR) is 227 cm³/mol. The van der Waals surface area contributed by atoms with Gasteiger partial charge in [-0.3, -0.25) is 0 Å². The number of hydrogen-bond acceptors (Lipinski definition) is 4. The molecule has 6 aromatic rings. The molecular formula is C47H42Br2N2NiO2. The third kappa shape index (κ3) is 6.15. The average Bonchev–Trinajstić information content (AvgIpc) is 3.80. The molecule has 0 N–H and O–H groups in total. The molecule has 7 heteroatoms. The van der Waals surface area contributed by atoms with Gasteiger partial charge < -0.3 is 0 Å². The summed E-state index contributed by atoms with van der Waals surface area (Å²) in [5.41, 5.74) is 13.4. The van der Waals surface area contributed by atoms with Crippen LogP contribution in [0.4, 0.5) is 0 Å². The normalized spacial score (nSPS) is 19.5.